The van der Waals surface area contributed by atoms with Gasteiger partial charge in [-0.25, -0.2) is 0 Å². The van der Waals surface area contributed by atoms with Crippen LogP contribution in [0.25, 0.3) is 17.1 Å². The lowest BCUT2D eigenvalue weighted by molar-refractivity contribution is -0.113. The zero-order valence-electron chi connectivity index (χ0n) is 15.1. The average Bonchev–Trinajstić information content (AvgIpc) is 3.00. The van der Waals surface area contributed by atoms with Crippen LogP contribution in [0.4, 0.5) is 5.69 Å². The Labute approximate surface area is 171 Å². The van der Waals surface area contributed by atoms with Crippen LogP contribution < -0.4 is 14.4 Å². The highest BCUT2D eigenvalue weighted by molar-refractivity contribution is 8.27. The van der Waals surface area contributed by atoms with E-state index >= 15 is 0 Å². The number of anilines is 1. The maximum atomic E-state index is 13.0. The number of carbonyl (C=O) groups is 1. The van der Waals surface area contributed by atoms with Gasteiger partial charge in [-0.05, 0) is 35.9 Å². The van der Waals surface area contributed by atoms with Crippen molar-refractivity contribution >= 4 is 57.0 Å². The highest BCUT2D eigenvalue weighted by Crippen LogP contribution is 2.41. The largest absolute Gasteiger partial charge is 0.497 e. The summed E-state index contributed by atoms with van der Waals surface area (Å²) in [5.74, 6) is 0.953. The Bertz CT molecular complexity index is 1130. The van der Waals surface area contributed by atoms with Gasteiger partial charge in [-0.2, -0.15) is 0 Å². The summed E-state index contributed by atoms with van der Waals surface area (Å²) in [4.78, 5) is 23.6. The van der Waals surface area contributed by atoms with Crippen molar-refractivity contribution in [3.8, 4) is 11.5 Å². The predicted octanol–water partition coefficient (Wildman–Crippen LogP) is 4.05. The highest BCUT2D eigenvalue weighted by Gasteiger charge is 2.35. The van der Waals surface area contributed by atoms with Gasteiger partial charge < -0.3 is 9.47 Å². The van der Waals surface area contributed by atoms with Crippen LogP contribution in [-0.2, 0) is 4.79 Å². The molecule has 1 amide bonds. The maximum absolute atomic E-state index is 13.0. The summed E-state index contributed by atoms with van der Waals surface area (Å²) in [7, 11) is 3.12. The van der Waals surface area contributed by atoms with Crippen LogP contribution in [0.1, 0.15) is 5.56 Å². The first-order valence-electron chi connectivity index (χ1n) is 8.31. The molecule has 0 saturated carbocycles. The van der Waals surface area contributed by atoms with E-state index in [-0.39, 0.29) is 5.91 Å². The standard InChI is InChI=1S/C20H15N3O3S2/c1-25-13-4-6-16(17(11-13)26-2)23-19(24)18(28-20(23)27)10-12-3-5-14-15(9-12)22-8-7-21-14/h3-11H,1-2H3/b18-10-. The quantitative estimate of drug-likeness (QED) is 0.476. The molecule has 3 aromatic rings. The third-order valence-corrected chi connectivity index (χ3v) is 5.51. The van der Waals surface area contributed by atoms with Crippen molar-refractivity contribution in [3.05, 3.63) is 59.3 Å². The monoisotopic (exact) mass is 409 g/mol. The van der Waals surface area contributed by atoms with E-state index in [2.05, 4.69) is 9.97 Å². The number of benzene rings is 2. The summed E-state index contributed by atoms with van der Waals surface area (Å²) in [5, 5.41) is 0. The minimum Gasteiger partial charge on any atom is -0.497 e. The first kappa shape index (κ1) is 18.4. The lowest BCUT2D eigenvalue weighted by atomic mass is 10.1. The molecule has 2 heterocycles. The zero-order valence-corrected chi connectivity index (χ0v) is 16.7. The number of hydrogen-bond acceptors (Lipinski definition) is 7. The van der Waals surface area contributed by atoms with Gasteiger partial charge in [0.25, 0.3) is 5.91 Å². The number of thiocarbonyl (C=S) groups is 1. The summed E-state index contributed by atoms with van der Waals surface area (Å²) in [5.41, 5.74) is 3.01. The van der Waals surface area contributed by atoms with Gasteiger partial charge in [0.05, 0.1) is 35.8 Å². The van der Waals surface area contributed by atoms with Crippen molar-refractivity contribution in [1.82, 2.24) is 9.97 Å². The van der Waals surface area contributed by atoms with E-state index in [1.165, 1.54) is 16.7 Å². The smallest absolute Gasteiger partial charge is 0.270 e. The number of amides is 1. The lowest BCUT2D eigenvalue weighted by Crippen LogP contribution is -2.27. The fourth-order valence-corrected chi connectivity index (χ4v) is 4.15. The minimum absolute atomic E-state index is 0.197. The van der Waals surface area contributed by atoms with Gasteiger partial charge >= 0.3 is 0 Å². The average molecular weight is 409 g/mol. The number of thioether (sulfide) groups is 1. The Morgan fingerprint density at radius 1 is 1.04 bits per heavy atom. The van der Waals surface area contributed by atoms with Gasteiger partial charge in [0.2, 0.25) is 0 Å². The number of carbonyl (C=O) groups excluding carboxylic acids is 1. The molecule has 28 heavy (non-hydrogen) atoms. The Balaban J connectivity index is 1.69. The summed E-state index contributed by atoms with van der Waals surface area (Å²) < 4.78 is 11.1. The van der Waals surface area contributed by atoms with Crippen LogP contribution in [0.5, 0.6) is 11.5 Å². The van der Waals surface area contributed by atoms with Crippen LogP contribution in [0.15, 0.2) is 53.7 Å². The molecule has 0 unspecified atom stereocenters. The van der Waals surface area contributed by atoms with Gasteiger partial charge in [0.1, 0.15) is 11.5 Å². The van der Waals surface area contributed by atoms with Gasteiger partial charge in [0.15, 0.2) is 4.32 Å². The fraction of sp³-hybridized carbons (Fsp3) is 0.100. The van der Waals surface area contributed by atoms with E-state index in [0.29, 0.717) is 26.4 Å². The van der Waals surface area contributed by atoms with E-state index < -0.39 is 0 Å². The molecule has 1 saturated heterocycles. The zero-order chi connectivity index (χ0) is 19.7. The molecule has 140 valence electrons. The molecule has 2 aromatic carbocycles. The van der Waals surface area contributed by atoms with Gasteiger partial charge in [0, 0.05) is 18.5 Å². The molecule has 0 spiro atoms. The molecule has 1 fully saturated rings. The molecule has 0 atom stereocenters. The second-order valence-corrected chi connectivity index (χ2v) is 7.54. The van der Waals surface area contributed by atoms with Crippen molar-refractivity contribution in [1.29, 1.82) is 0 Å². The third kappa shape index (κ3) is 3.32. The van der Waals surface area contributed by atoms with Crippen molar-refractivity contribution < 1.29 is 14.3 Å². The van der Waals surface area contributed by atoms with E-state index in [1.807, 2.05) is 24.3 Å². The van der Waals surface area contributed by atoms with Crippen LogP contribution in [0.3, 0.4) is 0 Å². The van der Waals surface area contributed by atoms with Crippen molar-refractivity contribution in [3.63, 3.8) is 0 Å². The minimum atomic E-state index is -0.197. The Hall–Kier alpha value is -2.97. The molecule has 0 bridgehead atoms. The maximum Gasteiger partial charge on any atom is 0.270 e. The first-order chi connectivity index (χ1) is 13.6. The first-order valence-corrected chi connectivity index (χ1v) is 9.54. The molecule has 1 aliphatic rings. The normalized spacial score (nSPS) is 15.5. The summed E-state index contributed by atoms with van der Waals surface area (Å²) in [6.07, 6.45) is 5.10. The van der Waals surface area contributed by atoms with E-state index in [4.69, 9.17) is 21.7 Å². The summed E-state index contributed by atoms with van der Waals surface area (Å²) in [6, 6.07) is 10.9. The summed E-state index contributed by atoms with van der Waals surface area (Å²) >= 11 is 6.71. The van der Waals surface area contributed by atoms with Crippen LogP contribution in [-0.4, -0.2) is 34.4 Å². The van der Waals surface area contributed by atoms with Crippen molar-refractivity contribution in [2.75, 3.05) is 19.1 Å². The van der Waals surface area contributed by atoms with Crippen molar-refractivity contribution in [2.45, 2.75) is 0 Å². The fourth-order valence-electron chi connectivity index (χ4n) is 2.87. The third-order valence-electron chi connectivity index (χ3n) is 4.21. The Morgan fingerprint density at radius 3 is 2.57 bits per heavy atom. The molecule has 6 nitrogen and oxygen atoms in total. The summed E-state index contributed by atoms with van der Waals surface area (Å²) in [6.45, 7) is 0. The molecule has 0 radical (unpaired) electrons. The molecule has 8 heteroatoms. The molecular formula is C20H15N3O3S2. The second kappa shape index (κ2) is 7.57. The number of nitrogens with zero attached hydrogens (tertiary/aromatic N) is 3. The van der Waals surface area contributed by atoms with Gasteiger partial charge in [-0.3, -0.25) is 19.7 Å². The van der Waals surface area contributed by atoms with E-state index in [9.17, 15) is 4.79 Å². The predicted molar refractivity (Wildman–Crippen MR) is 115 cm³/mol. The SMILES string of the molecule is COc1ccc(N2C(=O)/C(=C/c3ccc4nccnc4c3)SC2=S)c(OC)c1. The van der Waals surface area contributed by atoms with Gasteiger partial charge in [-0.1, -0.05) is 30.0 Å². The number of rotatable bonds is 4. The van der Waals surface area contributed by atoms with E-state index in [0.717, 1.165) is 16.6 Å². The number of ether oxygens (including phenoxy) is 2. The van der Waals surface area contributed by atoms with Crippen LogP contribution in [0, 0.1) is 0 Å². The number of methoxy groups -OCH3 is 2. The number of hydrogen-bond donors (Lipinski definition) is 0. The van der Waals surface area contributed by atoms with Crippen molar-refractivity contribution in [2.24, 2.45) is 0 Å². The molecule has 4 rings (SSSR count). The highest BCUT2D eigenvalue weighted by atomic mass is 32.2. The number of aromatic nitrogens is 2. The lowest BCUT2D eigenvalue weighted by Gasteiger charge is -2.18. The molecular weight excluding hydrogens is 394 g/mol. The van der Waals surface area contributed by atoms with Gasteiger partial charge in [-0.15, -0.1) is 0 Å². The number of fused-ring (bicyclic) bond motifs is 1. The van der Waals surface area contributed by atoms with Crippen LogP contribution >= 0.6 is 24.0 Å². The second-order valence-electron chi connectivity index (χ2n) is 5.86. The molecule has 1 aliphatic heterocycles. The Kier molecular flexibility index (Phi) is 4.97. The molecule has 1 aromatic heterocycles. The molecule has 0 N–H and O–H groups in total. The Morgan fingerprint density at radius 2 is 1.82 bits per heavy atom. The topological polar surface area (TPSA) is 64.5 Å². The van der Waals surface area contributed by atoms with Crippen LogP contribution in [0.2, 0.25) is 0 Å². The molecule has 0 aliphatic carbocycles. The van der Waals surface area contributed by atoms with E-state index in [1.54, 1.807) is 44.8 Å².